The van der Waals surface area contributed by atoms with Crippen molar-refractivity contribution in [1.29, 1.82) is 0 Å². The van der Waals surface area contributed by atoms with Crippen LogP contribution in [0.25, 0.3) is 0 Å². The highest BCUT2D eigenvalue weighted by Crippen LogP contribution is 2.26. The lowest BCUT2D eigenvalue weighted by Gasteiger charge is -2.25. The summed E-state index contributed by atoms with van der Waals surface area (Å²) in [5, 5.41) is 0. The minimum Gasteiger partial charge on any atom is -0.375 e. The van der Waals surface area contributed by atoms with E-state index in [1.807, 2.05) is 0 Å². The summed E-state index contributed by atoms with van der Waals surface area (Å²) in [4.78, 5) is 2.43. The molecule has 0 radical (unpaired) electrons. The highest BCUT2D eigenvalue weighted by Gasteiger charge is 2.38. The molecule has 2 atom stereocenters. The summed E-state index contributed by atoms with van der Waals surface area (Å²) < 4.78 is 5.44. The molecule has 0 saturated carbocycles. The molecule has 4 heteroatoms. The topological polar surface area (TPSA) is 12.5 Å². The molecule has 2 rings (SSSR count). The van der Waals surface area contributed by atoms with E-state index >= 15 is 0 Å². The van der Waals surface area contributed by atoms with E-state index in [0.29, 0.717) is 12.1 Å². The molecule has 0 aromatic carbocycles. The number of nitrogens with zero attached hydrogens (tertiary/aromatic N) is 1. The van der Waals surface area contributed by atoms with E-state index in [1.165, 1.54) is 6.42 Å². The van der Waals surface area contributed by atoms with Crippen LogP contribution < -0.4 is 0 Å². The van der Waals surface area contributed by atoms with Gasteiger partial charge in [0, 0.05) is 25.0 Å². The van der Waals surface area contributed by atoms with E-state index < -0.39 is 0 Å². The molecule has 2 nitrogen and oxygen atoms in total. The maximum absolute atomic E-state index is 5.64. The number of alkyl halides is 1. The van der Waals surface area contributed by atoms with E-state index in [-0.39, 0.29) is 12.4 Å². The van der Waals surface area contributed by atoms with Crippen LogP contribution in [0.1, 0.15) is 6.42 Å². The Morgan fingerprint density at radius 1 is 1.55 bits per heavy atom. The largest absolute Gasteiger partial charge is 0.375 e. The van der Waals surface area contributed by atoms with Gasteiger partial charge in [-0.1, -0.05) is 0 Å². The third-order valence-electron chi connectivity index (χ3n) is 2.39. The second kappa shape index (κ2) is 3.94. The maximum atomic E-state index is 5.64. The van der Waals surface area contributed by atoms with Crippen LogP contribution in [-0.2, 0) is 4.74 Å². The lowest BCUT2D eigenvalue weighted by atomic mass is 10.2. The molecule has 0 amide bonds. The Morgan fingerprint density at radius 3 is 2.82 bits per heavy atom. The summed E-state index contributed by atoms with van der Waals surface area (Å²) in [6.45, 7) is 3.07. The average molecular weight is 198 g/mol. The molecule has 2 aliphatic heterocycles. The minimum absolute atomic E-state index is 0. The van der Waals surface area contributed by atoms with Gasteiger partial charge in [-0.15, -0.1) is 24.0 Å². The highest BCUT2D eigenvalue weighted by atomic mass is 35.5. The maximum Gasteiger partial charge on any atom is 0.0718 e. The molecule has 66 valence electrons. The van der Waals surface area contributed by atoms with Gasteiger partial charge in [0.15, 0.2) is 0 Å². The lowest BCUT2D eigenvalue weighted by molar-refractivity contribution is 0.0333. The smallest absolute Gasteiger partial charge is 0.0718 e. The predicted octanol–water partition coefficient (Wildman–Crippen LogP) is 1.12. The Balaban J connectivity index is 0.000000605. The summed E-state index contributed by atoms with van der Waals surface area (Å²) >= 11 is 5.64. The Bertz CT molecular complexity index is 134. The van der Waals surface area contributed by atoms with Gasteiger partial charge < -0.3 is 4.74 Å². The van der Waals surface area contributed by atoms with Crippen LogP contribution in [-0.4, -0.2) is 42.6 Å². The molecular formula is C7H13Cl2NO. The van der Waals surface area contributed by atoms with E-state index in [0.717, 1.165) is 25.6 Å². The minimum atomic E-state index is 0. The Morgan fingerprint density at radius 2 is 2.36 bits per heavy atom. The molecule has 0 aromatic heterocycles. The van der Waals surface area contributed by atoms with Gasteiger partial charge in [-0.25, -0.2) is 0 Å². The lowest BCUT2D eigenvalue weighted by Crippen LogP contribution is -2.38. The zero-order valence-corrected chi connectivity index (χ0v) is 7.90. The molecule has 0 N–H and O–H groups in total. The molecule has 2 fully saturated rings. The second-order valence-corrected chi connectivity index (χ2v) is 3.41. The van der Waals surface area contributed by atoms with Crippen LogP contribution in [0.5, 0.6) is 0 Å². The molecule has 0 aromatic rings. The summed E-state index contributed by atoms with van der Waals surface area (Å²) in [5.41, 5.74) is 0. The zero-order chi connectivity index (χ0) is 6.97. The van der Waals surface area contributed by atoms with Gasteiger partial charge in [-0.3, -0.25) is 4.90 Å². The van der Waals surface area contributed by atoms with Crippen LogP contribution >= 0.6 is 24.0 Å². The van der Waals surface area contributed by atoms with Crippen molar-refractivity contribution in [3.05, 3.63) is 0 Å². The van der Waals surface area contributed by atoms with Gasteiger partial charge in [0.05, 0.1) is 12.7 Å². The van der Waals surface area contributed by atoms with Crippen molar-refractivity contribution >= 4 is 24.0 Å². The predicted molar refractivity (Wildman–Crippen MR) is 47.7 cm³/mol. The molecule has 0 spiro atoms. The first-order valence-corrected chi connectivity index (χ1v) is 4.35. The number of halogens is 2. The fraction of sp³-hybridized carbons (Fsp3) is 1.00. The third kappa shape index (κ3) is 1.81. The van der Waals surface area contributed by atoms with Gasteiger partial charge in [-0.2, -0.15) is 0 Å². The van der Waals surface area contributed by atoms with Crippen LogP contribution in [0, 0.1) is 0 Å². The van der Waals surface area contributed by atoms with Crippen molar-refractivity contribution < 1.29 is 4.74 Å². The molecule has 11 heavy (non-hydrogen) atoms. The van der Waals surface area contributed by atoms with Crippen molar-refractivity contribution in [3.8, 4) is 0 Å². The summed E-state index contributed by atoms with van der Waals surface area (Å²) in [7, 11) is 0. The van der Waals surface area contributed by atoms with Gasteiger partial charge >= 0.3 is 0 Å². The normalized spacial score (nSPS) is 35.7. The first-order chi connectivity index (χ1) is 4.90. The van der Waals surface area contributed by atoms with E-state index in [9.17, 15) is 0 Å². The quantitative estimate of drug-likeness (QED) is 0.616. The molecule has 0 unspecified atom stereocenters. The third-order valence-corrected chi connectivity index (χ3v) is 2.55. The van der Waals surface area contributed by atoms with Crippen molar-refractivity contribution in [2.45, 2.75) is 18.6 Å². The Hall–Kier alpha value is 0.500. The van der Waals surface area contributed by atoms with Crippen molar-refractivity contribution in [2.24, 2.45) is 0 Å². The second-order valence-electron chi connectivity index (χ2n) is 3.03. The fourth-order valence-electron chi connectivity index (χ4n) is 1.86. The molecule has 0 aliphatic carbocycles. The SMILES string of the molecule is Cl.ClCCN1C[C@@H]2C[C@H]1CO2. The van der Waals surface area contributed by atoms with Crippen molar-refractivity contribution in [1.82, 2.24) is 4.90 Å². The average Bonchev–Trinajstić information content (AvgIpc) is 2.48. The van der Waals surface area contributed by atoms with E-state index in [4.69, 9.17) is 16.3 Å². The molecule has 2 bridgehead atoms. The summed E-state index contributed by atoms with van der Waals surface area (Å²) in [6.07, 6.45) is 1.75. The first-order valence-electron chi connectivity index (χ1n) is 3.82. The highest BCUT2D eigenvalue weighted by molar-refractivity contribution is 6.18. The number of ether oxygens (including phenoxy) is 1. The number of hydrogen-bond acceptors (Lipinski definition) is 2. The standard InChI is InChI=1S/C7H12ClNO.ClH/c8-1-2-9-4-7-3-6(9)5-10-7;/h6-7H,1-5H2;1H/t6-,7-;/m0./s1. The van der Waals surface area contributed by atoms with E-state index in [2.05, 4.69) is 4.90 Å². The molecule has 2 saturated heterocycles. The monoisotopic (exact) mass is 197 g/mol. The molecular weight excluding hydrogens is 185 g/mol. The van der Waals surface area contributed by atoms with Crippen LogP contribution in [0.4, 0.5) is 0 Å². The first kappa shape index (κ1) is 9.59. The number of hydrogen-bond donors (Lipinski definition) is 0. The summed E-state index contributed by atoms with van der Waals surface area (Å²) in [5.74, 6) is 0.753. The fourth-order valence-corrected chi connectivity index (χ4v) is 2.08. The number of morpholine rings is 1. The van der Waals surface area contributed by atoms with Gasteiger partial charge in [-0.05, 0) is 6.42 Å². The molecule has 2 heterocycles. The Kier molecular flexibility index (Phi) is 3.44. The Labute approximate surface area is 78.2 Å². The van der Waals surface area contributed by atoms with Crippen LogP contribution in [0.15, 0.2) is 0 Å². The number of rotatable bonds is 2. The van der Waals surface area contributed by atoms with Crippen LogP contribution in [0.2, 0.25) is 0 Å². The molecule has 2 aliphatic rings. The summed E-state index contributed by atoms with van der Waals surface area (Å²) in [6, 6.07) is 0.684. The van der Waals surface area contributed by atoms with Gasteiger partial charge in [0.2, 0.25) is 0 Å². The number of likely N-dealkylation sites (tertiary alicyclic amines) is 1. The van der Waals surface area contributed by atoms with Crippen molar-refractivity contribution in [2.75, 3.05) is 25.6 Å². The van der Waals surface area contributed by atoms with Gasteiger partial charge in [0.25, 0.3) is 0 Å². The number of fused-ring (bicyclic) bond motifs is 2. The van der Waals surface area contributed by atoms with Crippen molar-refractivity contribution in [3.63, 3.8) is 0 Å². The van der Waals surface area contributed by atoms with Gasteiger partial charge in [0.1, 0.15) is 0 Å². The van der Waals surface area contributed by atoms with E-state index in [1.54, 1.807) is 0 Å². The van der Waals surface area contributed by atoms with Crippen LogP contribution in [0.3, 0.4) is 0 Å². The zero-order valence-electron chi connectivity index (χ0n) is 6.33.